The van der Waals surface area contributed by atoms with E-state index in [1.165, 1.54) is 6.20 Å². The molecule has 0 aromatic carbocycles. The van der Waals surface area contributed by atoms with Crippen LogP contribution in [0.5, 0.6) is 5.75 Å². The Kier molecular flexibility index (Phi) is 5.46. The number of ether oxygens (including phenoxy) is 2. The second-order valence-electron chi connectivity index (χ2n) is 6.84. The third-order valence-corrected chi connectivity index (χ3v) is 4.96. The Balaban J connectivity index is 0.00000225. The van der Waals surface area contributed by atoms with Gasteiger partial charge in [-0.25, -0.2) is 14.2 Å². The second kappa shape index (κ2) is 7.53. The van der Waals surface area contributed by atoms with Crippen molar-refractivity contribution < 1.29 is 23.8 Å². The van der Waals surface area contributed by atoms with E-state index in [-0.39, 0.29) is 47.5 Å². The largest absolute Gasteiger partial charge is 0.511 e. The van der Waals surface area contributed by atoms with E-state index in [0.717, 1.165) is 18.9 Å². The molecular formula is C17H20ClFN4O5. The van der Waals surface area contributed by atoms with E-state index in [2.05, 4.69) is 9.72 Å². The van der Waals surface area contributed by atoms with Crippen molar-refractivity contribution in [1.82, 2.24) is 9.55 Å². The highest BCUT2D eigenvalue weighted by Gasteiger charge is 2.33. The van der Waals surface area contributed by atoms with Gasteiger partial charge in [-0.3, -0.25) is 4.79 Å². The molecule has 2 fully saturated rings. The lowest BCUT2D eigenvalue weighted by atomic mass is 10.2. The van der Waals surface area contributed by atoms with Gasteiger partial charge in [-0.1, -0.05) is 0 Å². The molecule has 2 aromatic heterocycles. The summed E-state index contributed by atoms with van der Waals surface area (Å²) in [5, 5.41) is 8.81. The highest BCUT2D eigenvalue weighted by molar-refractivity contribution is 5.85. The van der Waals surface area contributed by atoms with E-state index in [9.17, 15) is 14.0 Å². The normalized spacial score (nSPS) is 21.6. The molecule has 3 N–H and O–H groups in total. The molecule has 11 heteroatoms. The van der Waals surface area contributed by atoms with Gasteiger partial charge in [0.15, 0.2) is 17.4 Å². The average molecular weight is 415 g/mol. The van der Waals surface area contributed by atoms with Gasteiger partial charge in [-0.2, -0.15) is 0 Å². The van der Waals surface area contributed by atoms with Crippen molar-refractivity contribution in [3.05, 3.63) is 28.3 Å². The summed E-state index contributed by atoms with van der Waals surface area (Å²) in [7, 11) is 1.55. The number of hydrogen-bond donors (Lipinski definition) is 2. The summed E-state index contributed by atoms with van der Waals surface area (Å²) < 4.78 is 26.3. The number of nitrogens with zero attached hydrogens (tertiary/aromatic N) is 3. The smallest absolute Gasteiger partial charge is 0.449 e. The lowest BCUT2D eigenvalue weighted by Crippen LogP contribution is -2.34. The van der Waals surface area contributed by atoms with Crippen LogP contribution in [0.3, 0.4) is 0 Å². The van der Waals surface area contributed by atoms with Gasteiger partial charge < -0.3 is 29.8 Å². The zero-order valence-electron chi connectivity index (χ0n) is 15.0. The van der Waals surface area contributed by atoms with Crippen molar-refractivity contribution in [2.45, 2.75) is 31.0 Å². The van der Waals surface area contributed by atoms with Crippen molar-refractivity contribution in [3.63, 3.8) is 0 Å². The summed E-state index contributed by atoms with van der Waals surface area (Å²) in [6.07, 6.45) is 1.21. The Morgan fingerprint density at radius 2 is 2.11 bits per heavy atom. The number of carbonyl (C=O) groups is 1. The van der Waals surface area contributed by atoms with Crippen LogP contribution in [-0.4, -0.2) is 53.2 Å². The first-order chi connectivity index (χ1) is 12.9. The standard InChI is InChI=1S/C17H19FN4O5.ClH/c1-26-12-6-21(5-11(12)19)16-10(18)4-9-14(23)13(27-17(24)25)7-22(8-2-3-8)15(9)20-16;/h4,7-8,11-12H,2-3,5-6,19H2,1H3,(H,24,25);1H/t11-,12+;/m0./s1. The number of pyridine rings is 2. The Morgan fingerprint density at radius 3 is 2.68 bits per heavy atom. The fourth-order valence-corrected chi connectivity index (χ4v) is 3.45. The van der Waals surface area contributed by atoms with Crippen molar-refractivity contribution in [2.24, 2.45) is 5.73 Å². The molecule has 3 heterocycles. The van der Waals surface area contributed by atoms with Crippen molar-refractivity contribution in [1.29, 1.82) is 0 Å². The number of methoxy groups -OCH3 is 1. The zero-order valence-corrected chi connectivity index (χ0v) is 15.8. The van der Waals surface area contributed by atoms with E-state index >= 15 is 0 Å². The number of nitrogens with two attached hydrogens (primary N) is 1. The molecule has 1 aliphatic heterocycles. The van der Waals surface area contributed by atoms with Crippen LogP contribution in [0.1, 0.15) is 18.9 Å². The fraction of sp³-hybridized carbons (Fsp3) is 0.471. The molecule has 1 aliphatic carbocycles. The molecule has 4 rings (SSSR count). The quantitative estimate of drug-likeness (QED) is 0.722. The number of hydrogen-bond acceptors (Lipinski definition) is 7. The van der Waals surface area contributed by atoms with Gasteiger partial charge in [0.25, 0.3) is 0 Å². The molecular weight excluding hydrogens is 395 g/mol. The number of rotatable bonds is 4. The molecule has 0 amide bonds. The lowest BCUT2D eigenvalue weighted by Gasteiger charge is -2.19. The highest BCUT2D eigenvalue weighted by atomic mass is 35.5. The maximum atomic E-state index is 14.8. The van der Waals surface area contributed by atoms with Crippen LogP contribution >= 0.6 is 12.4 Å². The van der Waals surface area contributed by atoms with E-state index in [0.29, 0.717) is 18.7 Å². The predicted octanol–water partition coefficient (Wildman–Crippen LogP) is 1.51. The van der Waals surface area contributed by atoms with Gasteiger partial charge >= 0.3 is 6.16 Å². The summed E-state index contributed by atoms with van der Waals surface area (Å²) in [6, 6.07) is 0.880. The van der Waals surface area contributed by atoms with Gasteiger partial charge in [0, 0.05) is 26.2 Å². The maximum Gasteiger partial charge on any atom is 0.511 e. The second-order valence-corrected chi connectivity index (χ2v) is 6.84. The van der Waals surface area contributed by atoms with Gasteiger partial charge in [0.05, 0.1) is 23.7 Å². The van der Waals surface area contributed by atoms with E-state index < -0.39 is 17.4 Å². The van der Waals surface area contributed by atoms with Gasteiger partial charge in [-0.15, -0.1) is 12.4 Å². The van der Waals surface area contributed by atoms with Crippen LogP contribution in [0.25, 0.3) is 11.0 Å². The molecule has 2 aliphatic rings. The molecule has 1 saturated carbocycles. The summed E-state index contributed by atoms with van der Waals surface area (Å²) in [6.45, 7) is 0.767. The minimum atomic E-state index is -1.60. The van der Waals surface area contributed by atoms with Gasteiger partial charge in [0.1, 0.15) is 5.65 Å². The maximum absolute atomic E-state index is 14.8. The third-order valence-electron chi connectivity index (χ3n) is 4.96. The minimum Gasteiger partial charge on any atom is -0.449 e. The molecule has 9 nitrogen and oxygen atoms in total. The van der Waals surface area contributed by atoms with Crippen molar-refractivity contribution in [3.8, 4) is 5.75 Å². The molecule has 2 aromatic rings. The summed E-state index contributed by atoms with van der Waals surface area (Å²) in [5.41, 5.74) is 5.60. The average Bonchev–Trinajstić information content (AvgIpc) is 3.39. The van der Waals surface area contributed by atoms with E-state index in [1.807, 2.05) is 0 Å². The number of anilines is 1. The van der Waals surface area contributed by atoms with Crippen LogP contribution in [0.2, 0.25) is 0 Å². The van der Waals surface area contributed by atoms with Gasteiger partial charge in [0.2, 0.25) is 5.43 Å². The lowest BCUT2D eigenvalue weighted by molar-refractivity contribution is 0.108. The molecule has 28 heavy (non-hydrogen) atoms. The van der Waals surface area contributed by atoms with Crippen LogP contribution in [0.4, 0.5) is 15.0 Å². The Hall–Kier alpha value is -2.43. The van der Waals surface area contributed by atoms with Gasteiger partial charge in [-0.05, 0) is 18.9 Å². The Bertz CT molecular complexity index is 980. The first-order valence-corrected chi connectivity index (χ1v) is 8.58. The first kappa shape index (κ1) is 20.3. The molecule has 152 valence electrons. The van der Waals surface area contributed by atoms with Crippen LogP contribution in [0.15, 0.2) is 17.1 Å². The molecule has 0 bridgehead atoms. The van der Waals surface area contributed by atoms with Crippen LogP contribution < -0.4 is 20.8 Å². The first-order valence-electron chi connectivity index (χ1n) is 8.58. The molecule has 2 atom stereocenters. The topological polar surface area (TPSA) is 120 Å². The minimum absolute atomic E-state index is 0. The summed E-state index contributed by atoms with van der Waals surface area (Å²) in [4.78, 5) is 29.5. The van der Waals surface area contributed by atoms with Crippen LogP contribution in [-0.2, 0) is 4.74 Å². The molecule has 0 radical (unpaired) electrons. The monoisotopic (exact) mass is 414 g/mol. The Labute approximate surface area is 165 Å². The summed E-state index contributed by atoms with van der Waals surface area (Å²) >= 11 is 0. The molecule has 1 saturated heterocycles. The predicted molar refractivity (Wildman–Crippen MR) is 101 cm³/mol. The van der Waals surface area contributed by atoms with Crippen LogP contribution in [0, 0.1) is 5.82 Å². The van der Waals surface area contributed by atoms with Crippen molar-refractivity contribution in [2.75, 3.05) is 25.1 Å². The van der Waals surface area contributed by atoms with E-state index in [1.54, 1.807) is 16.6 Å². The molecule has 0 spiro atoms. The fourth-order valence-electron chi connectivity index (χ4n) is 3.45. The molecule has 0 unspecified atom stereocenters. The number of fused-ring (bicyclic) bond motifs is 1. The third kappa shape index (κ3) is 3.50. The number of halogens is 2. The Morgan fingerprint density at radius 1 is 1.39 bits per heavy atom. The van der Waals surface area contributed by atoms with E-state index in [4.69, 9.17) is 15.6 Å². The zero-order chi connectivity index (χ0) is 19.3. The number of carboxylic acid groups (broad SMARTS) is 1. The number of aromatic nitrogens is 2. The van der Waals surface area contributed by atoms with Crippen molar-refractivity contribution >= 4 is 35.4 Å². The summed E-state index contributed by atoms with van der Waals surface area (Å²) in [5.74, 6) is -0.949. The highest BCUT2D eigenvalue weighted by Crippen LogP contribution is 2.38. The SMILES string of the molecule is CO[C@@H]1CN(c2nc3c(cc2F)c(=O)c(OC(=O)O)cn3C2CC2)C[C@@H]1N.Cl.